The van der Waals surface area contributed by atoms with Crippen LogP contribution < -0.4 is 0 Å². The summed E-state index contributed by atoms with van der Waals surface area (Å²) in [6.45, 7) is 5.22. The maximum absolute atomic E-state index is 10.3. The summed E-state index contributed by atoms with van der Waals surface area (Å²) in [5, 5.41) is 8.43. The standard InChI is InChI=1S/C6H12O3Si/c1-3-5(10-9)4(2)6(7)8/h5,9H,2-3,10H2,1H3,(H,7,8). The molecule has 1 unspecified atom stereocenters. The van der Waals surface area contributed by atoms with Gasteiger partial charge in [0.25, 0.3) is 0 Å². The first-order valence-corrected chi connectivity index (χ1v) is 4.61. The number of carboxylic acid groups (broad SMARTS) is 1. The molecule has 0 aromatic carbocycles. The Morgan fingerprint density at radius 3 is 2.40 bits per heavy atom. The van der Waals surface area contributed by atoms with E-state index in [1.807, 2.05) is 6.92 Å². The molecule has 3 nitrogen and oxygen atoms in total. The van der Waals surface area contributed by atoms with Crippen LogP contribution in [0.25, 0.3) is 0 Å². The van der Waals surface area contributed by atoms with Crippen LogP contribution in [0.3, 0.4) is 0 Å². The number of aliphatic carboxylic acids is 1. The van der Waals surface area contributed by atoms with E-state index in [0.717, 1.165) is 0 Å². The van der Waals surface area contributed by atoms with E-state index in [1.165, 1.54) is 0 Å². The second-order valence-electron chi connectivity index (χ2n) is 2.12. The van der Waals surface area contributed by atoms with Crippen molar-refractivity contribution in [3.8, 4) is 0 Å². The second-order valence-corrected chi connectivity index (χ2v) is 3.47. The quantitative estimate of drug-likeness (QED) is 0.446. The zero-order chi connectivity index (χ0) is 8.15. The first-order valence-electron chi connectivity index (χ1n) is 3.16. The fourth-order valence-electron chi connectivity index (χ4n) is 0.660. The molecule has 1 atom stereocenters. The topological polar surface area (TPSA) is 57.5 Å². The molecular weight excluding hydrogens is 148 g/mol. The van der Waals surface area contributed by atoms with Crippen molar-refractivity contribution in [1.29, 1.82) is 0 Å². The molecule has 0 aromatic heterocycles. The molecule has 58 valence electrons. The molecule has 0 bridgehead atoms. The number of hydrogen-bond acceptors (Lipinski definition) is 2. The van der Waals surface area contributed by atoms with Crippen molar-refractivity contribution in [3.63, 3.8) is 0 Å². The molecule has 0 spiro atoms. The molecule has 0 saturated carbocycles. The summed E-state index contributed by atoms with van der Waals surface area (Å²) in [6, 6.07) is 0. The van der Waals surface area contributed by atoms with E-state index in [0.29, 0.717) is 6.42 Å². The smallest absolute Gasteiger partial charge is 0.331 e. The van der Waals surface area contributed by atoms with Gasteiger partial charge in [-0.3, -0.25) is 0 Å². The molecule has 2 N–H and O–H groups in total. The van der Waals surface area contributed by atoms with Crippen molar-refractivity contribution >= 4 is 15.7 Å². The average Bonchev–Trinajstić information content (AvgIpc) is 1.90. The van der Waals surface area contributed by atoms with Gasteiger partial charge in [0.05, 0.1) is 0 Å². The van der Waals surface area contributed by atoms with Crippen LogP contribution in [0.1, 0.15) is 13.3 Å². The molecule has 0 aromatic rings. The molecule has 0 fully saturated rings. The van der Waals surface area contributed by atoms with Crippen molar-refractivity contribution in [2.75, 3.05) is 0 Å². The molecule has 10 heavy (non-hydrogen) atoms. The largest absolute Gasteiger partial charge is 0.478 e. The van der Waals surface area contributed by atoms with E-state index in [2.05, 4.69) is 6.58 Å². The van der Waals surface area contributed by atoms with Crippen molar-refractivity contribution in [3.05, 3.63) is 12.2 Å². The van der Waals surface area contributed by atoms with Crippen molar-refractivity contribution in [2.45, 2.75) is 18.9 Å². The maximum Gasteiger partial charge on any atom is 0.331 e. The monoisotopic (exact) mass is 160 g/mol. The highest BCUT2D eigenvalue weighted by atomic mass is 28.2. The van der Waals surface area contributed by atoms with Crippen molar-refractivity contribution in [2.24, 2.45) is 0 Å². The Bertz CT molecular complexity index is 140. The molecule has 4 heteroatoms. The Balaban J connectivity index is 4.02. The molecule has 0 saturated heterocycles. The number of hydrogen-bond donors (Lipinski definition) is 2. The Morgan fingerprint density at radius 2 is 2.30 bits per heavy atom. The first-order chi connectivity index (χ1) is 4.63. The van der Waals surface area contributed by atoms with Gasteiger partial charge in [0.15, 0.2) is 9.76 Å². The van der Waals surface area contributed by atoms with Crippen LogP contribution in [0.5, 0.6) is 0 Å². The van der Waals surface area contributed by atoms with E-state index in [9.17, 15) is 4.79 Å². The summed E-state index contributed by atoms with van der Waals surface area (Å²) in [7, 11) is -1.24. The average molecular weight is 160 g/mol. The third kappa shape index (κ3) is 2.32. The number of carboxylic acids is 1. The maximum atomic E-state index is 10.3. The summed E-state index contributed by atoms with van der Waals surface area (Å²) >= 11 is 0. The van der Waals surface area contributed by atoms with Crippen LogP contribution in [0, 0.1) is 0 Å². The summed E-state index contributed by atoms with van der Waals surface area (Å²) in [5.41, 5.74) is -0.00540. The predicted molar refractivity (Wildman–Crippen MR) is 41.6 cm³/mol. The first kappa shape index (κ1) is 9.39. The lowest BCUT2D eigenvalue weighted by Gasteiger charge is -2.08. The van der Waals surface area contributed by atoms with Gasteiger partial charge in [0.1, 0.15) is 0 Å². The van der Waals surface area contributed by atoms with E-state index < -0.39 is 15.7 Å². The van der Waals surface area contributed by atoms with E-state index >= 15 is 0 Å². The minimum absolute atomic E-state index is 0.150. The van der Waals surface area contributed by atoms with E-state index in [-0.39, 0.29) is 11.1 Å². The van der Waals surface area contributed by atoms with Crippen LogP contribution in [0.15, 0.2) is 12.2 Å². The third-order valence-electron chi connectivity index (χ3n) is 1.48. The Labute approximate surface area is 62.3 Å². The second kappa shape index (κ2) is 4.24. The summed E-state index contributed by atoms with van der Waals surface area (Å²) in [4.78, 5) is 19.0. The minimum Gasteiger partial charge on any atom is -0.478 e. The van der Waals surface area contributed by atoms with Gasteiger partial charge in [0.2, 0.25) is 0 Å². The summed E-state index contributed by atoms with van der Waals surface area (Å²) in [6.07, 6.45) is 0.674. The van der Waals surface area contributed by atoms with Crippen LogP contribution >= 0.6 is 0 Å². The summed E-state index contributed by atoms with van der Waals surface area (Å²) < 4.78 is 0. The highest BCUT2D eigenvalue weighted by molar-refractivity contribution is 6.31. The summed E-state index contributed by atoms with van der Waals surface area (Å²) in [5.74, 6) is -0.992. The van der Waals surface area contributed by atoms with Gasteiger partial charge in [-0.25, -0.2) is 4.79 Å². The zero-order valence-electron chi connectivity index (χ0n) is 6.00. The zero-order valence-corrected chi connectivity index (χ0v) is 7.42. The van der Waals surface area contributed by atoms with Gasteiger partial charge in [-0.1, -0.05) is 13.5 Å². The Hall–Kier alpha value is -0.613. The molecule has 0 rings (SSSR count). The molecular formula is C6H12O3Si. The van der Waals surface area contributed by atoms with Crippen molar-refractivity contribution in [1.82, 2.24) is 0 Å². The lowest BCUT2D eigenvalue weighted by atomic mass is 10.2. The van der Waals surface area contributed by atoms with Crippen LogP contribution in [0.2, 0.25) is 5.54 Å². The van der Waals surface area contributed by atoms with E-state index in [1.54, 1.807) is 0 Å². The van der Waals surface area contributed by atoms with E-state index in [4.69, 9.17) is 9.90 Å². The SMILES string of the molecule is C=C(C(=O)O)C(CC)[SiH2]O. The fourth-order valence-corrected chi connectivity index (χ4v) is 1.31. The van der Waals surface area contributed by atoms with Crippen LogP contribution in [-0.4, -0.2) is 25.6 Å². The highest BCUT2D eigenvalue weighted by Crippen LogP contribution is 2.17. The van der Waals surface area contributed by atoms with Gasteiger partial charge in [-0.05, 0) is 6.42 Å². The Kier molecular flexibility index (Phi) is 3.98. The molecule has 0 aliphatic heterocycles. The van der Waals surface area contributed by atoms with Crippen LogP contribution in [-0.2, 0) is 4.79 Å². The van der Waals surface area contributed by atoms with Gasteiger partial charge in [0, 0.05) is 11.1 Å². The minimum atomic E-state index is -1.24. The predicted octanol–water partition coefficient (Wildman–Crippen LogP) is -0.0982. The third-order valence-corrected chi connectivity index (χ3v) is 2.99. The van der Waals surface area contributed by atoms with Gasteiger partial charge in [-0.2, -0.15) is 0 Å². The lowest BCUT2D eigenvalue weighted by molar-refractivity contribution is -0.132. The molecule has 0 amide bonds. The number of rotatable bonds is 4. The molecule has 0 aliphatic carbocycles. The molecule has 0 radical (unpaired) electrons. The Morgan fingerprint density at radius 1 is 1.80 bits per heavy atom. The highest BCUT2D eigenvalue weighted by Gasteiger charge is 2.15. The van der Waals surface area contributed by atoms with Crippen molar-refractivity contribution < 1.29 is 14.7 Å². The van der Waals surface area contributed by atoms with Gasteiger partial charge >= 0.3 is 5.97 Å². The fraction of sp³-hybridized carbons (Fsp3) is 0.500. The molecule has 0 heterocycles. The molecule has 0 aliphatic rings. The number of carbonyl (C=O) groups is 1. The van der Waals surface area contributed by atoms with Crippen LogP contribution in [0.4, 0.5) is 0 Å². The lowest BCUT2D eigenvalue weighted by Crippen LogP contribution is -2.11. The van der Waals surface area contributed by atoms with Gasteiger partial charge in [-0.15, -0.1) is 0 Å². The normalized spacial score (nSPS) is 13.8. The van der Waals surface area contributed by atoms with Gasteiger partial charge < -0.3 is 9.90 Å².